The Morgan fingerprint density at radius 2 is 1.94 bits per heavy atom. The minimum atomic E-state index is -0.267. The first-order valence-corrected chi connectivity index (χ1v) is 5.55. The van der Waals surface area contributed by atoms with Crippen LogP contribution in [0, 0.1) is 0 Å². The van der Waals surface area contributed by atoms with Gasteiger partial charge in [-0.15, -0.1) is 0 Å². The Hall–Kier alpha value is -1.81. The standard InChI is InChI=1S/C13H15NO3/c1-16-11-2-4-12(5-3-11)17-13(15)10-6-8-14-9-7-10/h2-6,14H,7-9H2,1H3. The SMILES string of the molecule is COc1ccc(OC(=O)C2=CCNCC2)cc1. The molecule has 4 heteroatoms. The first-order chi connectivity index (χ1) is 8.29. The lowest BCUT2D eigenvalue weighted by Crippen LogP contribution is -2.25. The third kappa shape index (κ3) is 3.07. The lowest BCUT2D eigenvalue weighted by molar-refractivity contribution is -0.130. The van der Waals surface area contributed by atoms with E-state index >= 15 is 0 Å². The van der Waals surface area contributed by atoms with Crippen LogP contribution >= 0.6 is 0 Å². The van der Waals surface area contributed by atoms with E-state index in [1.807, 2.05) is 6.08 Å². The molecular weight excluding hydrogens is 218 g/mol. The van der Waals surface area contributed by atoms with Crippen molar-refractivity contribution in [1.82, 2.24) is 5.32 Å². The largest absolute Gasteiger partial charge is 0.497 e. The first kappa shape index (κ1) is 11.7. The fourth-order valence-corrected chi connectivity index (χ4v) is 1.62. The summed E-state index contributed by atoms with van der Waals surface area (Å²) in [4.78, 5) is 11.8. The van der Waals surface area contributed by atoms with Crippen LogP contribution in [0.25, 0.3) is 0 Å². The Bertz CT molecular complexity index is 423. The molecule has 1 heterocycles. The van der Waals surface area contributed by atoms with Crippen LogP contribution in [0.15, 0.2) is 35.9 Å². The molecule has 0 aromatic heterocycles. The smallest absolute Gasteiger partial charge is 0.339 e. The van der Waals surface area contributed by atoms with Gasteiger partial charge < -0.3 is 14.8 Å². The molecule has 17 heavy (non-hydrogen) atoms. The maximum Gasteiger partial charge on any atom is 0.339 e. The minimum absolute atomic E-state index is 0.267. The molecule has 0 spiro atoms. The van der Waals surface area contributed by atoms with Gasteiger partial charge >= 0.3 is 5.97 Å². The third-order valence-corrected chi connectivity index (χ3v) is 2.60. The lowest BCUT2D eigenvalue weighted by Gasteiger charge is -2.13. The van der Waals surface area contributed by atoms with E-state index in [1.165, 1.54) is 0 Å². The zero-order valence-corrected chi connectivity index (χ0v) is 9.73. The highest BCUT2D eigenvalue weighted by Gasteiger charge is 2.14. The number of carbonyl (C=O) groups is 1. The van der Waals surface area contributed by atoms with Gasteiger partial charge in [0.25, 0.3) is 0 Å². The Kier molecular flexibility index (Phi) is 3.77. The number of ether oxygens (including phenoxy) is 2. The number of esters is 1. The van der Waals surface area contributed by atoms with E-state index in [4.69, 9.17) is 9.47 Å². The molecule has 0 amide bonds. The number of benzene rings is 1. The van der Waals surface area contributed by atoms with E-state index in [9.17, 15) is 4.79 Å². The fraction of sp³-hybridized carbons (Fsp3) is 0.308. The Morgan fingerprint density at radius 1 is 1.24 bits per heavy atom. The van der Waals surface area contributed by atoms with Crippen molar-refractivity contribution in [2.45, 2.75) is 6.42 Å². The van der Waals surface area contributed by atoms with Gasteiger partial charge in [0, 0.05) is 12.1 Å². The van der Waals surface area contributed by atoms with E-state index < -0.39 is 0 Å². The summed E-state index contributed by atoms with van der Waals surface area (Å²) < 4.78 is 10.3. The van der Waals surface area contributed by atoms with Crippen molar-refractivity contribution in [3.05, 3.63) is 35.9 Å². The van der Waals surface area contributed by atoms with Crippen molar-refractivity contribution < 1.29 is 14.3 Å². The summed E-state index contributed by atoms with van der Waals surface area (Å²) in [6.07, 6.45) is 2.59. The molecule has 1 N–H and O–H groups in total. The molecule has 0 saturated heterocycles. The second-order valence-electron chi connectivity index (χ2n) is 3.75. The van der Waals surface area contributed by atoms with Crippen LogP contribution in [0.1, 0.15) is 6.42 Å². The van der Waals surface area contributed by atoms with Crippen molar-refractivity contribution in [3.63, 3.8) is 0 Å². The molecule has 0 unspecified atom stereocenters. The number of hydrogen-bond donors (Lipinski definition) is 1. The maximum atomic E-state index is 11.8. The van der Waals surface area contributed by atoms with Gasteiger partial charge in [-0.2, -0.15) is 0 Å². The van der Waals surface area contributed by atoms with Crippen LogP contribution in [0.5, 0.6) is 11.5 Å². The molecule has 1 aromatic carbocycles. The predicted molar refractivity (Wildman–Crippen MR) is 64.2 cm³/mol. The molecule has 1 aromatic rings. The molecule has 4 nitrogen and oxygen atoms in total. The van der Waals surface area contributed by atoms with Crippen LogP contribution < -0.4 is 14.8 Å². The molecule has 2 rings (SSSR count). The van der Waals surface area contributed by atoms with E-state index in [0.717, 1.165) is 30.8 Å². The number of rotatable bonds is 3. The van der Waals surface area contributed by atoms with Gasteiger partial charge in [-0.3, -0.25) is 0 Å². The monoisotopic (exact) mass is 233 g/mol. The topological polar surface area (TPSA) is 47.6 Å². The van der Waals surface area contributed by atoms with Gasteiger partial charge in [0.15, 0.2) is 0 Å². The zero-order valence-electron chi connectivity index (χ0n) is 9.73. The van der Waals surface area contributed by atoms with E-state index in [-0.39, 0.29) is 5.97 Å². The maximum absolute atomic E-state index is 11.8. The van der Waals surface area contributed by atoms with E-state index in [0.29, 0.717) is 5.75 Å². The highest BCUT2D eigenvalue weighted by atomic mass is 16.5. The number of hydrogen-bond acceptors (Lipinski definition) is 4. The second kappa shape index (κ2) is 5.50. The summed E-state index contributed by atoms with van der Waals surface area (Å²) in [7, 11) is 1.60. The van der Waals surface area contributed by atoms with Crippen LogP contribution in [0.2, 0.25) is 0 Å². The Labute approximate surface area is 100 Å². The van der Waals surface area contributed by atoms with Gasteiger partial charge in [0.05, 0.1) is 7.11 Å². The number of methoxy groups -OCH3 is 1. The highest BCUT2D eigenvalue weighted by Crippen LogP contribution is 2.18. The van der Waals surface area contributed by atoms with E-state index in [1.54, 1.807) is 31.4 Å². The van der Waals surface area contributed by atoms with Crippen molar-refractivity contribution in [3.8, 4) is 11.5 Å². The van der Waals surface area contributed by atoms with Gasteiger partial charge in [-0.1, -0.05) is 6.08 Å². The summed E-state index contributed by atoms with van der Waals surface area (Å²) in [6.45, 7) is 1.55. The first-order valence-electron chi connectivity index (χ1n) is 5.55. The van der Waals surface area contributed by atoms with Gasteiger partial charge in [-0.25, -0.2) is 4.79 Å². The molecule has 1 aliphatic heterocycles. The van der Waals surface area contributed by atoms with Crippen molar-refractivity contribution >= 4 is 5.97 Å². The summed E-state index contributed by atoms with van der Waals surface area (Å²) in [5, 5.41) is 3.15. The lowest BCUT2D eigenvalue weighted by atomic mass is 10.1. The number of nitrogens with one attached hydrogen (secondary N) is 1. The van der Waals surface area contributed by atoms with Crippen LogP contribution in [-0.2, 0) is 4.79 Å². The average Bonchev–Trinajstić information content (AvgIpc) is 2.40. The summed E-state index contributed by atoms with van der Waals surface area (Å²) in [6, 6.07) is 6.97. The molecule has 0 atom stereocenters. The van der Waals surface area contributed by atoms with Crippen LogP contribution in [0.4, 0.5) is 0 Å². The van der Waals surface area contributed by atoms with Gasteiger partial charge in [0.2, 0.25) is 0 Å². The minimum Gasteiger partial charge on any atom is -0.497 e. The summed E-state index contributed by atoms with van der Waals surface area (Å²) >= 11 is 0. The quantitative estimate of drug-likeness (QED) is 0.635. The molecule has 0 saturated carbocycles. The molecule has 0 radical (unpaired) electrons. The molecule has 0 fully saturated rings. The molecule has 1 aliphatic rings. The summed E-state index contributed by atoms with van der Waals surface area (Å²) in [5.74, 6) is 1.01. The average molecular weight is 233 g/mol. The van der Waals surface area contributed by atoms with E-state index in [2.05, 4.69) is 5.32 Å². The number of carbonyl (C=O) groups excluding carboxylic acids is 1. The normalized spacial score (nSPS) is 15.0. The molecule has 0 bridgehead atoms. The molecule has 0 aliphatic carbocycles. The van der Waals surface area contributed by atoms with Gasteiger partial charge in [-0.05, 0) is 37.2 Å². The second-order valence-corrected chi connectivity index (χ2v) is 3.75. The van der Waals surface area contributed by atoms with Crippen LogP contribution in [-0.4, -0.2) is 26.2 Å². The third-order valence-electron chi connectivity index (χ3n) is 2.60. The van der Waals surface area contributed by atoms with Crippen molar-refractivity contribution in [2.24, 2.45) is 0 Å². The summed E-state index contributed by atoms with van der Waals surface area (Å²) in [5.41, 5.74) is 0.736. The van der Waals surface area contributed by atoms with Crippen LogP contribution in [0.3, 0.4) is 0 Å². The van der Waals surface area contributed by atoms with Gasteiger partial charge in [0.1, 0.15) is 11.5 Å². The van der Waals surface area contributed by atoms with Crippen molar-refractivity contribution in [2.75, 3.05) is 20.2 Å². The Morgan fingerprint density at radius 3 is 2.53 bits per heavy atom. The molecule has 90 valence electrons. The zero-order chi connectivity index (χ0) is 12.1. The van der Waals surface area contributed by atoms with Crippen molar-refractivity contribution in [1.29, 1.82) is 0 Å². The fourth-order valence-electron chi connectivity index (χ4n) is 1.62. The highest BCUT2D eigenvalue weighted by molar-refractivity contribution is 5.90. The molecular formula is C13H15NO3. The predicted octanol–water partition coefficient (Wildman–Crippen LogP) is 1.52. The Balaban J connectivity index is 1.99.